The van der Waals surface area contributed by atoms with E-state index in [-0.39, 0.29) is 11.1 Å². The van der Waals surface area contributed by atoms with E-state index in [2.05, 4.69) is 12.0 Å². The molecule has 0 bridgehead atoms. The van der Waals surface area contributed by atoms with Crippen LogP contribution in [0.2, 0.25) is 0 Å². The fraction of sp³-hybridized carbons (Fsp3) is 0.500. The lowest BCUT2D eigenvalue weighted by Crippen LogP contribution is -2.30. The molecule has 5 heteroatoms. The van der Waals surface area contributed by atoms with Gasteiger partial charge in [0.2, 0.25) is 0 Å². The van der Waals surface area contributed by atoms with Crippen LogP contribution >= 0.6 is 0 Å². The molecule has 0 aliphatic rings. The summed E-state index contributed by atoms with van der Waals surface area (Å²) in [7, 11) is 0. The minimum Gasteiger partial charge on any atom is -0.398 e. The molecule has 2 aromatic rings. The van der Waals surface area contributed by atoms with Gasteiger partial charge in [0.1, 0.15) is 0 Å². The van der Waals surface area contributed by atoms with Gasteiger partial charge in [0.25, 0.3) is 11.1 Å². The normalized spacial score (nSPS) is 11.1. The molecule has 0 saturated carbocycles. The van der Waals surface area contributed by atoms with Crippen molar-refractivity contribution < 1.29 is 0 Å². The molecule has 1 heterocycles. The van der Waals surface area contributed by atoms with Gasteiger partial charge in [-0.2, -0.15) is 0 Å². The number of anilines is 1. The molecule has 3 N–H and O–H groups in total. The first-order valence-electron chi connectivity index (χ1n) is 7.66. The summed E-state index contributed by atoms with van der Waals surface area (Å²) < 4.78 is 1.41. The number of nitrogens with one attached hydrogen (secondary N) is 1. The minimum absolute atomic E-state index is 0.176. The number of hydrogen-bond donors (Lipinski definition) is 2. The van der Waals surface area contributed by atoms with Crippen LogP contribution in [0, 0.1) is 0 Å². The molecule has 0 spiro atoms. The summed E-state index contributed by atoms with van der Waals surface area (Å²) in [6.45, 7) is 2.73. The number of aryl methyl sites for hydroxylation is 1. The van der Waals surface area contributed by atoms with E-state index < -0.39 is 0 Å². The summed E-state index contributed by atoms with van der Waals surface area (Å²) in [4.78, 5) is 24.4. The number of H-pyrrole nitrogens is 1. The van der Waals surface area contributed by atoms with Gasteiger partial charge in [-0.3, -0.25) is 14.7 Å². The molecule has 0 aliphatic carbocycles. The molecule has 0 unspecified atom stereocenters. The van der Waals surface area contributed by atoms with Crippen molar-refractivity contribution in [1.82, 2.24) is 9.78 Å². The Morgan fingerprint density at radius 2 is 1.81 bits per heavy atom. The lowest BCUT2D eigenvalue weighted by atomic mass is 10.1. The second kappa shape index (κ2) is 7.11. The monoisotopic (exact) mass is 289 g/mol. The summed E-state index contributed by atoms with van der Waals surface area (Å²) in [6.07, 6.45) is 6.85. The molecule has 0 aliphatic heterocycles. The van der Waals surface area contributed by atoms with Crippen LogP contribution in [0.15, 0.2) is 27.8 Å². The number of nitrogen functional groups attached to an aromatic ring is 1. The Balaban J connectivity index is 2.13. The fourth-order valence-corrected chi connectivity index (χ4v) is 2.58. The molecule has 0 amide bonds. The van der Waals surface area contributed by atoms with E-state index >= 15 is 0 Å². The summed E-state index contributed by atoms with van der Waals surface area (Å²) in [5.74, 6) is 0. The van der Waals surface area contributed by atoms with E-state index in [1.165, 1.54) is 30.4 Å². The van der Waals surface area contributed by atoms with Crippen molar-refractivity contribution in [1.29, 1.82) is 0 Å². The number of benzene rings is 1. The fourth-order valence-electron chi connectivity index (χ4n) is 2.58. The predicted octanol–water partition coefficient (Wildman–Crippen LogP) is 2.63. The van der Waals surface area contributed by atoms with Gasteiger partial charge in [0.05, 0.1) is 10.8 Å². The van der Waals surface area contributed by atoms with E-state index in [1.54, 1.807) is 18.2 Å². The maximum atomic E-state index is 12.3. The predicted molar refractivity (Wildman–Crippen MR) is 86.6 cm³/mol. The molecule has 0 atom stereocenters. The van der Waals surface area contributed by atoms with Gasteiger partial charge < -0.3 is 5.73 Å². The lowest BCUT2D eigenvalue weighted by molar-refractivity contribution is 0.508. The van der Waals surface area contributed by atoms with E-state index in [1.807, 2.05) is 0 Å². The van der Waals surface area contributed by atoms with Gasteiger partial charge in [-0.25, -0.2) is 4.68 Å². The molecule has 0 radical (unpaired) electrons. The van der Waals surface area contributed by atoms with Crippen molar-refractivity contribution in [2.24, 2.45) is 0 Å². The molecule has 1 aromatic heterocycles. The highest BCUT2D eigenvalue weighted by Gasteiger charge is 2.09. The summed E-state index contributed by atoms with van der Waals surface area (Å²) in [5, 5.41) is 3.32. The summed E-state index contributed by atoms with van der Waals surface area (Å²) in [6, 6.07) is 4.99. The first-order chi connectivity index (χ1) is 10.1. The van der Waals surface area contributed by atoms with Gasteiger partial charge in [-0.15, -0.1) is 0 Å². The Morgan fingerprint density at radius 1 is 1.10 bits per heavy atom. The summed E-state index contributed by atoms with van der Waals surface area (Å²) in [5.41, 5.74) is 5.65. The van der Waals surface area contributed by atoms with Crippen LogP contribution in [0.4, 0.5) is 5.69 Å². The number of nitrogens with zero attached hydrogens (tertiary/aromatic N) is 1. The van der Waals surface area contributed by atoms with E-state index in [9.17, 15) is 9.59 Å². The van der Waals surface area contributed by atoms with Crippen LogP contribution < -0.4 is 16.9 Å². The Kier molecular flexibility index (Phi) is 5.20. The van der Waals surface area contributed by atoms with Crippen LogP contribution in [0.25, 0.3) is 10.8 Å². The highest BCUT2D eigenvalue weighted by molar-refractivity contribution is 5.91. The zero-order valence-corrected chi connectivity index (χ0v) is 12.5. The molecule has 1 aromatic carbocycles. The van der Waals surface area contributed by atoms with Crippen molar-refractivity contribution in [3.8, 4) is 0 Å². The Morgan fingerprint density at radius 3 is 2.57 bits per heavy atom. The molecule has 2 rings (SSSR count). The lowest BCUT2D eigenvalue weighted by Gasteiger charge is -2.08. The minimum atomic E-state index is -0.298. The summed E-state index contributed by atoms with van der Waals surface area (Å²) >= 11 is 0. The third kappa shape index (κ3) is 3.54. The molecule has 114 valence electrons. The quantitative estimate of drug-likeness (QED) is 0.607. The number of nitrogens with two attached hydrogens (primary N) is 1. The largest absolute Gasteiger partial charge is 0.398 e. The Bertz CT molecular complexity index is 716. The highest BCUT2D eigenvalue weighted by atomic mass is 16.2. The number of hydrogen-bond acceptors (Lipinski definition) is 3. The van der Waals surface area contributed by atoms with Crippen LogP contribution in [-0.4, -0.2) is 9.78 Å². The van der Waals surface area contributed by atoms with Crippen LogP contribution in [0.5, 0.6) is 0 Å². The number of rotatable bonds is 7. The Labute approximate surface area is 123 Å². The molecular weight excluding hydrogens is 266 g/mol. The van der Waals surface area contributed by atoms with Crippen LogP contribution in [-0.2, 0) is 6.54 Å². The zero-order valence-electron chi connectivity index (χ0n) is 12.5. The first-order valence-corrected chi connectivity index (χ1v) is 7.66. The van der Waals surface area contributed by atoms with Gasteiger partial charge in [-0.1, -0.05) is 45.1 Å². The second-order valence-electron chi connectivity index (χ2n) is 5.44. The smallest absolute Gasteiger partial charge is 0.273 e. The third-order valence-electron chi connectivity index (χ3n) is 3.77. The average Bonchev–Trinajstić information content (AvgIpc) is 2.47. The van der Waals surface area contributed by atoms with E-state index in [4.69, 9.17) is 5.73 Å². The molecule has 0 saturated heterocycles. The number of unbranched alkanes of at least 4 members (excludes halogenated alkanes) is 5. The first kappa shape index (κ1) is 15.4. The molecule has 21 heavy (non-hydrogen) atoms. The van der Waals surface area contributed by atoms with Crippen molar-refractivity contribution in [3.05, 3.63) is 38.9 Å². The van der Waals surface area contributed by atoms with Crippen molar-refractivity contribution in [2.45, 2.75) is 52.0 Å². The van der Waals surface area contributed by atoms with Gasteiger partial charge in [0, 0.05) is 12.2 Å². The topological polar surface area (TPSA) is 80.9 Å². The van der Waals surface area contributed by atoms with Gasteiger partial charge >= 0.3 is 0 Å². The van der Waals surface area contributed by atoms with Gasteiger partial charge in [-0.05, 0) is 18.6 Å². The molecular formula is C16H23N3O2. The number of aromatic amines is 1. The molecule has 5 nitrogen and oxygen atoms in total. The third-order valence-corrected chi connectivity index (χ3v) is 3.77. The van der Waals surface area contributed by atoms with Crippen LogP contribution in [0.3, 0.4) is 0 Å². The SMILES string of the molecule is CCCCCCCCn1[nH]c(=O)c2c(N)cccc2c1=O. The molecule has 0 fully saturated rings. The van der Waals surface area contributed by atoms with Gasteiger partial charge in [0.15, 0.2) is 0 Å². The standard InChI is InChI=1S/C16H23N3O2/c1-2-3-4-5-6-7-11-19-16(21)12-9-8-10-13(17)14(12)15(20)18-19/h8-10H,2-7,11,17H2,1H3,(H,18,20). The number of fused-ring (bicyclic) bond motifs is 1. The zero-order chi connectivity index (χ0) is 15.2. The number of aromatic nitrogens is 2. The van der Waals surface area contributed by atoms with E-state index in [0.717, 1.165) is 12.8 Å². The van der Waals surface area contributed by atoms with Crippen molar-refractivity contribution >= 4 is 16.5 Å². The maximum Gasteiger partial charge on any atom is 0.273 e. The van der Waals surface area contributed by atoms with Crippen molar-refractivity contribution in [2.75, 3.05) is 5.73 Å². The van der Waals surface area contributed by atoms with Crippen LogP contribution in [0.1, 0.15) is 45.4 Å². The highest BCUT2D eigenvalue weighted by Crippen LogP contribution is 2.12. The van der Waals surface area contributed by atoms with Crippen molar-refractivity contribution in [3.63, 3.8) is 0 Å². The van der Waals surface area contributed by atoms with E-state index in [0.29, 0.717) is 23.0 Å². The average molecular weight is 289 g/mol. The second-order valence-corrected chi connectivity index (χ2v) is 5.44. The Hall–Kier alpha value is -2.04. The maximum absolute atomic E-state index is 12.3.